The van der Waals surface area contributed by atoms with E-state index in [2.05, 4.69) is 78.9 Å². The first-order chi connectivity index (χ1) is 12.8. The second-order valence-electron chi connectivity index (χ2n) is 6.85. The number of benzene rings is 3. The smallest absolute Gasteiger partial charge is 0.122 e. The van der Waals surface area contributed by atoms with Gasteiger partial charge in [-0.15, -0.1) is 0 Å². The van der Waals surface area contributed by atoms with Crippen LogP contribution in [0.1, 0.15) is 47.7 Å². The van der Waals surface area contributed by atoms with Crippen molar-refractivity contribution in [1.82, 2.24) is 0 Å². The zero-order valence-corrected chi connectivity index (χ0v) is 15.0. The minimum Gasteiger partial charge on any atom is -0.496 e. The van der Waals surface area contributed by atoms with Crippen molar-refractivity contribution in [2.75, 3.05) is 7.11 Å². The van der Waals surface area contributed by atoms with Gasteiger partial charge in [-0.2, -0.15) is 0 Å². The Morgan fingerprint density at radius 2 is 1.19 bits per heavy atom. The molecule has 1 saturated heterocycles. The molecule has 132 valence electrons. The number of hydrogen-bond acceptors (Lipinski definition) is 2. The van der Waals surface area contributed by atoms with Gasteiger partial charge in [0.05, 0.1) is 19.3 Å². The Bertz CT molecular complexity index is 782. The van der Waals surface area contributed by atoms with Gasteiger partial charge in [-0.25, -0.2) is 0 Å². The van der Waals surface area contributed by atoms with E-state index in [1.807, 2.05) is 6.07 Å². The molecule has 0 saturated carbocycles. The van der Waals surface area contributed by atoms with E-state index in [-0.39, 0.29) is 12.2 Å². The summed E-state index contributed by atoms with van der Waals surface area (Å²) >= 11 is 0. The molecule has 0 bridgehead atoms. The summed E-state index contributed by atoms with van der Waals surface area (Å²) in [7, 11) is 1.75. The van der Waals surface area contributed by atoms with Crippen LogP contribution < -0.4 is 4.74 Å². The lowest BCUT2D eigenvalue weighted by Crippen LogP contribution is -2.22. The van der Waals surface area contributed by atoms with Crippen molar-refractivity contribution in [3.05, 3.63) is 102 Å². The Morgan fingerprint density at radius 3 is 1.73 bits per heavy atom. The highest BCUT2D eigenvalue weighted by atomic mass is 16.5. The molecule has 2 nitrogen and oxygen atoms in total. The molecule has 0 radical (unpaired) electrons. The van der Waals surface area contributed by atoms with E-state index in [4.69, 9.17) is 9.47 Å². The molecule has 0 aliphatic carbocycles. The molecule has 3 aromatic carbocycles. The van der Waals surface area contributed by atoms with Crippen molar-refractivity contribution in [1.29, 1.82) is 0 Å². The van der Waals surface area contributed by atoms with Crippen LogP contribution in [0.4, 0.5) is 0 Å². The van der Waals surface area contributed by atoms with Gasteiger partial charge in [-0.1, -0.05) is 78.9 Å². The lowest BCUT2D eigenvalue weighted by Gasteiger charge is -2.36. The van der Waals surface area contributed by atoms with Crippen LogP contribution in [-0.2, 0) is 4.74 Å². The Hall–Kier alpha value is -2.58. The molecular weight excluding hydrogens is 320 g/mol. The third-order valence-electron chi connectivity index (χ3n) is 5.25. The molecule has 0 amide bonds. The highest BCUT2D eigenvalue weighted by Crippen LogP contribution is 2.47. The lowest BCUT2D eigenvalue weighted by molar-refractivity contribution is -0.0621. The van der Waals surface area contributed by atoms with Gasteiger partial charge in [-0.05, 0) is 41.5 Å². The summed E-state index contributed by atoms with van der Waals surface area (Å²) in [5, 5.41) is 0. The highest BCUT2D eigenvalue weighted by molar-refractivity contribution is 5.37. The fraction of sp³-hybridized carbons (Fsp3) is 0.250. The summed E-state index contributed by atoms with van der Waals surface area (Å²) in [5.74, 6) is 1.37. The molecule has 1 fully saturated rings. The van der Waals surface area contributed by atoms with Crippen LogP contribution in [0, 0.1) is 0 Å². The van der Waals surface area contributed by atoms with Gasteiger partial charge in [0.25, 0.3) is 0 Å². The van der Waals surface area contributed by atoms with Crippen LogP contribution in [0.15, 0.2) is 84.9 Å². The van der Waals surface area contributed by atoms with E-state index >= 15 is 0 Å². The highest BCUT2D eigenvalue weighted by Gasteiger charge is 2.33. The van der Waals surface area contributed by atoms with Crippen LogP contribution in [-0.4, -0.2) is 7.11 Å². The van der Waals surface area contributed by atoms with Crippen LogP contribution in [0.2, 0.25) is 0 Å². The third-order valence-corrected chi connectivity index (χ3v) is 5.25. The fourth-order valence-corrected chi connectivity index (χ4v) is 3.94. The van der Waals surface area contributed by atoms with Gasteiger partial charge in [0.15, 0.2) is 0 Å². The molecule has 4 rings (SSSR count). The van der Waals surface area contributed by atoms with Gasteiger partial charge in [0, 0.05) is 0 Å². The average molecular weight is 344 g/mol. The van der Waals surface area contributed by atoms with E-state index in [9.17, 15) is 0 Å². The number of methoxy groups -OCH3 is 1. The zero-order chi connectivity index (χ0) is 17.8. The number of ether oxygens (including phenoxy) is 2. The summed E-state index contributed by atoms with van der Waals surface area (Å²) in [6.07, 6.45) is 2.11. The summed E-state index contributed by atoms with van der Waals surface area (Å²) in [6.45, 7) is 0. The summed E-state index contributed by atoms with van der Waals surface area (Å²) in [4.78, 5) is 0. The number of hydrogen-bond donors (Lipinski definition) is 0. The summed E-state index contributed by atoms with van der Waals surface area (Å²) < 4.78 is 12.2. The molecule has 1 aliphatic heterocycles. The second-order valence-corrected chi connectivity index (χ2v) is 6.85. The quantitative estimate of drug-likeness (QED) is 0.572. The van der Waals surface area contributed by atoms with Gasteiger partial charge in [0.1, 0.15) is 5.75 Å². The van der Waals surface area contributed by atoms with Crippen LogP contribution >= 0.6 is 0 Å². The molecule has 2 heteroatoms. The van der Waals surface area contributed by atoms with Crippen molar-refractivity contribution in [3.8, 4) is 5.75 Å². The van der Waals surface area contributed by atoms with Crippen LogP contribution in [0.5, 0.6) is 5.75 Å². The largest absolute Gasteiger partial charge is 0.496 e. The molecule has 1 aliphatic rings. The van der Waals surface area contributed by atoms with E-state index in [1.54, 1.807) is 7.11 Å². The lowest BCUT2D eigenvalue weighted by atomic mass is 9.82. The van der Waals surface area contributed by atoms with Gasteiger partial charge in [-0.3, -0.25) is 0 Å². The molecule has 0 aromatic heterocycles. The first-order valence-electron chi connectivity index (χ1n) is 9.23. The van der Waals surface area contributed by atoms with Crippen molar-refractivity contribution in [2.45, 2.75) is 31.0 Å². The minimum absolute atomic E-state index is 0.0880. The monoisotopic (exact) mass is 344 g/mol. The molecule has 0 N–H and O–H groups in total. The maximum atomic E-state index is 6.54. The van der Waals surface area contributed by atoms with Gasteiger partial charge in [0.2, 0.25) is 0 Å². The topological polar surface area (TPSA) is 18.5 Å². The van der Waals surface area contributed by atoms with E-state index in [0.29, 0.717) is 5.92 Å². The first-order valence-corrected chi connectivity index (χ1v) is 9.23. The predicted octanol–water partition coefficient (Wildman–Crippen LogP) is 6.07. The molecule has 3 atom stereocenters. The third kappa shape index (κ3) is 3.51. The van der Waals surface area contributed by atoms with E-state index in [0.717, 1.165) is 18.6 Å². The standard InChI is InChI=1S/C24H24O2/c1-25-22-15-9-8-14-21(22)20-16-23(18-10-4-2-5-11-18)26-24(17-20)19-12-6-3-7-13-19/h2-15,20,23-24H,16-17H2,1H3/t20?,23-,24+. The molecular formula is C24H24O2. The second kappa shape index (κ2) is 7.76. The fourth-order valence-electron chi connectivity index (χ4n) is 3.94. The zero-order valence-electron chi connectivity index (χ0n) is 15.0. The van der Waals surface area contributed by atoms with Crippen LogP contribution in [0.25, 0.3) is 0 Å². The van der Waals surface area contributed by atoms with Crippen molar-refractivity contribution < 1.29 is 9.47 Å². The maximum absolute atomic E-state index is 6.54. The normalized spacial score (nSPS) is 22.7. The first kappa shape index (κ1) is 16.9. The Kier molecular flexibility index (Phi) is 5.03. The molecule has 26 heavy (non-hydrogen) atoms. The SMILES string of the molecule is COc1ccccc1C1C[C@@H](c2ccccc2)O[C@@H](c2ccccc2)C1. The molecule has 1 heterocycles. The Labute approximate surface area is 155 Å². The van der Waals surface area contributed by atoms with Gasteiger partial charge < -0.3 is 9.47 Å². The van der Waals surface area contributed by atoms with E-state index in [1.165, 1.54) is 16.7 Å². The van der Waals surface area contributed by atoms with Crippen LogP contribution in [0.3, 0.4) is 0 Å². The number of para-hydroxylation sites is 1. The molecule has 3 aromatic rings. The predicted molar refractivity (Wildman–Crippen MR) is 104 cm³/mol. The minimum atomic E-state index is 0.0880. The Balaban J connectivity index is 1.69. The molecule has 0 spiro atoms. The maximum Gasteiger partial charge on any atom is 0.122 e. The van der Waals surface area contributed by atoms with Crippen molar-refractivity contribution >= 4 is 0 Å². The van der Waals surface area contributed by atoms with E-state index < -0.39 is 0 Å². The summed E-state index contributed by atoms with van der Waals surface area (Å²) in [5.41, 5.74) is 3.77. The molecule has 1 unspecified atom stereocenters. The van der Waals surface area contributed by atoms with Crippen molar-refractivity contribution in [2.24, 2.45) is 0 Å². The average Bonchev–Trinajstić information content (AvgIpc) is 2.74. The van der Waals surface area contributed by atoms with Crippen molar-refractivity contribution in [3.63, 3.8) is 0 Å². The number of rotatable bonds is 4. The Morgan fingerprint density at radius 1 is 0.692 bits per heavy atom. The summed E-state index contributed by atoms with van der Waals surface area (Å²) in [6, 6.07) is 29.5. The van der Waals surface area contributed by atoms with Gasteiger partial charge >= 0.3 is 0 Å².